The molecule has 0 bridgehead atoms. The number of nitrogens with one attached hydrogen (secondary N) is 1. The summed E-state index contributed by atoms with van der Waals surface area (Å²) in [5.41, 5.74) is 6.67. The Bertz CT molecular complexity index is 1840. The maximum atomic E-state index is 12.4. The van der Waals surface area contributed by atoms with Crippen molar-refractivity contribution in [1.29, 1.82) is 10.5 Å². The lowest BCUT2D eigenvalue weighted by molar-refractivity contribution is -0.697. The van der Waals surface area contributed by atoms with E-state index in [4.69, 9.17) is 10.5 Å². The van der Waals surface area contributed by atoms with Crippen LogP contribution in [0.25, 0.3) is 24.3 Å². The Morgan fingerprint density at radius 1 is 0.600 bits per heavy atom. The molecule has 0 atom stereocenters. The van der Waals surface area contributed by atoms with E-state index in [0.29, 0.717) is 44.4 Å². The molecule has 13 heteroatoms. The predicted molar refractivity (Wildman–Crippen MR) is 242 cm³/mol. The maximum absolute atomic E-state index is 12.4. The third kappa shape index (κ3) is 20.5. The number of anilines is 2. The number of benzene rings is 2. The number of rotatable bonds is 26. The van der Waals surface area contributed by atoms with E-state index < -0.39 is 0 Å². The number of carbonyl (C=O) groups is 2. The lowest BCUT2D eigenvalue weighted by atomic mass is 10.1. The number of aryl methyl sites for hydroxylation is 2. The largest absolute Gasteiger partial charge is 1.00 e. The summed E-state index contributed by atoms with van der Waals surface area (Å²) in [6.45, 7) is 3.69. The SMILES string of the molecule is CN(CCC#N)c1ccc(/C=C/c2cc[n+](CCCC(=O)CCCSSCCNC(=O)CCC[n+]3ccc(/C=C/c4ccc(N(C)CCC#N)cc4)cc3)cc2)cc1.[Cl-].[Cl-]. The van der Waals surface area contributed by atoms with Crippen molar-refractivity contribution in [2.75, 3.05) is 55.0 Å². The van der Waals surface area contributed by atoms with Gasteiger partial charge in [-0.05, 0) is 52.9 Å². The minimum atomic E-state index is 0. The van der Waals surface area contributed by atoms with Gasteiger partial charge in [0.05, 0.1) is 25.0 Å². The van der Waals surface area contributed by atoms with Gasteiger partial charge < -0.3 is 39.9 Å². The molecule has 0 saturated carbocycles. The van der Waals surface area contributed by atoms with Crippen LogP contribution < -0.4 is 49.1 Å². The molecule has 0 spiro atoms. The van der Waals surface area contributed by atoms with Crippen LogP contribution >= 0.6 is 21.6 Å². The summed E-state index contributed by atoms with van der Waals surface area (Å²) >= 11 is 0. The van der Waals surface area contributed by atoms with Crippen molar-refractivity contribution in [3.8, 4) is 12.1 Å². The summed E-state index contributed by atoms with van der Waals surface area (Å²) in [6.07, 6.45) is 21.8. The summed E-state index contributed by atoms with van der Waals surface area (Å²) in [7, 11) is 7.51. The molecule has 0 aliphatic heterocycles. The molecule has 0 radical (unpaired) electrons. The Labute approximate surface area is 377 Å². The number of carbonyl (C=O) groups excluding carboxylic acids is 2. The number of Topliss-reactive ketones (excluding diaryl/α,β-unsaturated/α-hetero) is 1. The van der Waals surface area contributed by atoms with Gasteiger partial charge in [0, 0.05) is 113 Å². The molecule has 4 aromatic rings. The molecule has 2 aromatic heterocycles. The van der Waals surface area contributed by atoms with Crippen LogP contribution in [0.3, 0.4) is 0 Å². The highest BCUT2D eigenvalue weighted by Crippen LogP contribution is 2.22. The second kappa shape index (κ2) is 30.3. The number of hydrogen-bond acceptors (Lipinski definition) is 8. The Balaban J connectivity index is 0.00000620. The molecule has 60 heavy (non-hydrogen) atoms. The van der Waals surface area contributed by atoms with Gasteiger partial charge in [-0.15, -0.1) is 0 Å². The van der Waals surface area contributed by atoms with Gasteiger partial charge in [0.2, 0.25) is 5.91 Å². The minimum absolute atomic E-state index is 0. The molecule has 0 unspecified atom stereocenters. The zero-order valence-corrected chi connectivity index (χ0v) is 37.9. The van der Waals surface area contributed by atoms with Crippen LogP contribution in [0.2, 0.25) is 0 Å². The van der Waals surface area contributed by atoms with E-state index >= 15 is 0 Å². The summed E-state index contributed by atoms with van der Waals surface area (Å²) in [5, 5.41) is 20.6. The minimum Gasteiger partial charge on any atom is -1.00 e. The van der Waals surface area contributed by atoms with E-state index in [0.717, 1.165) is 90.6 Å². The maximum Gasteiger partial charge on any atom is 0.220 e. The van der Waals surface area contributed by atoms with Gasteiger partial charge in [-0.1, -0.05) is 70.2 Å². The fourth-order valence-electron chi connectivity index (χ4n) is 5.99. The Morgan fingerprint density at radius 2 is 1.00 bits per heavy atom. The molecule has 318 valence electrons. The molecule has 2 aromatic carbocycles. The van der Waals surface area contributed by atoms with Gasteiger partial charge in [-0.3, -0.25) is 9.59 Å². The van der Waals surface area contributed by atoms with Gasteiger partial charge in [-0.25, -0.2) is 9.13 Å². The Hall–Kier alpha value is -4.78. The van der Waals surface area contributed by atoms with Gasteiger partial charge in [0.15, 0.2) is 24.8 Å². The van der Waals surface area contributed by atoms with Crippen LogP contribution in [0.1, 0.15) is 73.6 Å². The van der Waals surface area contributed by atoms with E-state index in [1.54, 1.807) is 21.6 Å². The van der Waals surface area contributed by atoms with E-state index in [-0.39, 0.29) is 30.7 Å². The van der Waals surface area contributed by atoms with Crippen molar-refractivity contribution >= 4 is 69.0 Å². The van der Waals surface area contributed by atoms with Crippen LogP contribution in [0.5, 0.6) is 0 Å². The van der Waals surface area contributed by atoms with Crippen LogP contribution in [0, 0.1) is 22.7 Å². The van der Waals surface area contributed by atoms with Crippen molar-refractivity contribution < 1.29 is 43.5 Å². The summed E-state index contributed by atoms with van der Waals surface area (Å²) in [5.74, 6) is 2.18. The molecule has 2 heterocycles. The zero-order chi connectivity index (χ0) is 41.2. The van der Waals surface area contributed by atoms with Crippen molar-refractivity contribution in [2.24, 2.45) is 0 Å². The molecule has 0 aliphatic rings. The third-order valence-electron chi connectivity index (χ3n) is 9.52. The van der Waals surface area contributed by atoms with E-state index in [1.165, 1.54) is 0 Å². The lowest BCUT2D eigenvalue weighted by Gasteiger charge is -2.17. The monoisotopic (exact) mass is 885 g/mol. The number of amides is 1. The van der Waals surface area contributed by atoms with E-state index in [1.807, 2.05) is 14.1 Å². The number of ketones is 1. The standard InChI is InChI=1S/C47H56N7O2S2.2ClH/c1-51(30-6-27-48)44-19-15-40(16-20-44)11-13-42-23-34-53(35-24-42)32-3-8-46(55)9-5-38-57-58-39-29-50-47(56)10-4-33-54-36-25-43(26-37-54)14-12-41-17-21-45(22-18-41)52(2)31-7-28-49;;/h11-26,34-37H,3-10,29-33,38-39H2,1-2H3;2*1H/q+1;;/p-1. The second-order valence-corrected chi connectivity index (χ2v) is 16.8. The normalized spacial score (nSPS) is 10.7. The first-order chi connectivity index (χ1) is 28.3. The van der Waals surface area contributed by atoms with Crippen LogP contribution in [-0.4, -0.2) is 56.9 Å². The average Bonchev–Trinajstić information content (AvgIpc) is 3.25. The van der Waals surface area contributed by atoms with Crippen LogP contribution in [0.4, 0.5) is 11.4 Å². The highest BCUT2D eigenvalue weighted by atomic mass is 35.5. The second-order valence-electron chi connectivity index (χ2n) is 14.1. The summed E-state index contributed by atoms with van der Waals surface area (Å²) in [6, 6.07) is 29.3. The van der Waals surface area contributed by atoms with Crippen molar-refractivity contribution in [2.45, 2.75) is 64.5 Å². The topological polar surface area (TPSA) is 108 Å². The van der Waals surface area contributed by atoms with Crippen molar-refractivity contribution in [3.05, 3.63) is 120 Å². The first-order valence-electron chi connectivity index (χ1n) is 20.1. The number of pyridine rings is 2. The van der Waals surface area contributed by atoms with Crippen LogP contribution in [-0.2, 0) is 22.7 Å². The highest BCUT2D eigenvalue weighted by molar-refractivity contribution is 8.76. The van der Waals surface area contributed by atoms with E-state index in [2.05, 4.69) is 158 Å². The molecule has 0 fully saturated rings. The Morgan fingerprint density at radius 3 is 1.45 bits per heavy atom. The molecular formula is C47H57Cl2N7O2S2. The molecule has 1 N–H and O–H groups in total. The van der Waals surface area contributed by atoms with Crippen molar-refractivity contribution in [3.63, 3.8) is 0 Å². The summed E-state index contributed by atoms with van der Waals surface area (Å²) in [4.78, 5) is 28.9. The predicted octanol–water partition coefficient (Wildman–Crippen LogP) is 2.42. The quantitative estimate of drug-likeness (QED) is 0.0583. The Kier molecular flexibility index (Phi) is 25.9. The zero-order valence-electron chi connectivity index (χ0n) is 34.7. The smallest absolute Gasteiger partial charge is 0.220 e. The number of hydrogen-bond donors (Lipinski definition) is 1. The number of aromatic nitrogens is 2. The van der Waals surface area contributed by atoms with E-state index in [9.17, 15) is 9.59 Å². The fourth-order valence-corrected chi connectivity index (χ4v) is 7.98. The first kappa shape index (κ1) is 51.4. The lowest BCUT2D eigenvalue weighted by Crippen LogP contribution is -3.00. The molecule has 4 rings (SSSR count). The third-order valence-corrected chi connectivity index (χ3v) is 12.0. The average molecular weight is 887 g/mol. The first-order valence-corrected chi connectivity index (χ1v) is 22.6. The van der Waals surface area contributed by atoms with Crippen molar-refractivity contribution in [1.82, 2.24) is 5.32 Å². The molecular weight excluding hydrogens is 830 g/mol. The van der Waals surface area contributed by atoms with Gasteiger partial charge in [-0.2, -0.15) is 10.5 Å². The van der Waals surface area contributed by atoms with Gasteiger partial charge >= 0.3 is 0 Å². The van der Waals surface area contributed by atoms with Crippen LogP contribution in [0.15, 0.2) is 97.6 Å². The van der Waals surface area contributed by atoms with Gasteiger partial charge in [0.25, 0.3) is 0 Å². The molecule has 0 saturated heterocycles. The van der Waals surface area contributed by atoms with Gasteiger partial charge in [0.1, 0.15) is 18.9 Å². The number of nitriles is 2. The summed E-state index contributed by atoms with van der Waals surface area (Å²) < 4.78 is 4.23. The highest BCUT2D eigenvalue weighted by Gasteiger charge is 2.08. The fraction of sp³-hybridized carbons (Fsp3) is 0.362. The number of nitrogens with zero attached hydrogens (tertiary/aromatic N) is 6. The molecule has 0 aliphatic carbocycles. The number of halogens is 2. The molecule has 1 amide bonds. The molecule has 9 nitrogen and oxygen atoms in total.